The van der Waals surface area contributed by atoms with Crippen molar-refractivity contribution in [1.82, 2.24) is 5.32 Å². The van der Waals surface area contributed by atoms with Gasteiger partial charge in [0.05, 0.1) is 6.04 Å². The first-order valence-electron chi connectivity index (χ1n) is 5.89. The normalized spacial score (nSPS) is 29.5. The average Bonchev–Trinajstić information content (AvgIpc) is 2.11. The molecule has 4 nitrogen and oxygen atoms in total. The zero-order valence-corrected chi connectivity index (χ0v) is 11.9. The molecule has 0 aliphatic carbocycles. The summed E-state index contributed by atoms with van der Waals surface area (Å²) in [6.45, 7) is 9.42. The second-order valence-electron chi connectivity index (χ2n) is 5.53. The second-order valence-corrected chi connectivity index (χ2v) is 5.93. The second kappa shape index (κ2) is 5.21. The third-order valence-electron chi connectivity index (χ3n) is 2.58. The molecule has 0 saturated carbocycles. The monoisotopic (exact) mass is 259 g/mol. The quantitative estimate of drug-likeness (QED) is 0.735. The summed E-state index contributed by atoms with van der Waals surface area (Å²) in [6, 6.07) is -0.0495. The van der Waals surface area contributed by atoms with E-state index in [1.165, 1.54) is 0 Å². The topological polar surface area (TPSA) is 47.6 Å². The van der Waals surface area contributed by atoms with E-state index < -0.39 is 11.7 Å². The molecule has 1 N–H and O–H groups in total. The lowest BCUT2D eigenvalue weighted by atomic mass is 9.96. The van der Waals surface area contributed by atoms with Gasteiger partial charge in [-0.3, -0.25) is 0 Å². The van der Waals surface area contributed by atoms with E-state index >= 15 is 0 Å². The Labute approximate surface area is 108 Å². The maximum Gasteiger partial charge on any atom is 0.408 e. The minimum atomic E-state index is -0.482. The highest BCUT2D eigenvalue weighted by Gasteiger charge is 2.32. The Morgan fingerprint density at radius 2 is 2.06 bits per heavy atom. The largest absolute Gasteiger partial charge is 0.482 e. The first kappa shape index (κ1) is 14.2. The summed E-state index contributed by atoms with van der Waals surface area (Å²) in [6.07, 6.45) is 0.281. The predicted octanol–water partition coefficient (Wildman–Crippen LogP) is 2.65. The van der Waals surface area contributed by atoms with Crippen LogP contribution in [0.5, 0.6) is 0 Å². The number of alkyl carbamates (subject to hydrolysis) is 1. The molecule has 1 amide bonds. The van der Waals surface area contributed by atoms with Crippen molar-refractivity contribution in [2.75, 3.05) is 0 Å². The van der Waals surface area contributed by atoms with Gasteiger partial charge in [0.2, 0.25) is 0 Å². The molecule has 1 saturated heterocycles. The third kappa shape index (κ3) is 4.50. The molecule has 0 aromatic heterocycles. The average molecular weight is 259 g/mol. The molecular weight excluding hydrogens is 238 g/mol. The molecule has 0 aromatic rings. The molecule has 5 heteroatoms. The Morgan fingerprint density at radius 3 is 2.59 bits per heavy atom. The number of carbonyl (C=O) groups is 1. The van der Waals surface area contributed by atoms with Crippen LogP contribution in [0, 0.1) is 5.92 Å². The zero-order valence-electron chi connectivity index (χ0n) is 11.1. The fourth-order valence-electron chi connectivity index (χ4n) is 1.69. The van der Waals surface area contributed by atoms with E-state index in [0.29, 0.717) is 5.05 Å². The number of thiocarbonyl (C=S) groups is 1. The molecule has 3 atom stereocenters. The molecule has 98 valence electrons. The molecule has 1 heterocycles. The van der Waals surface area contributed by atoms with E-state index in [1.54, 1.807) is 0 Å². The number of nitrogens with one attached hydrogen (secondary N) is 1. The minimum Gasteiger partial charge on any atom is -0.482 e. The number of hydrogen-bond donors (Lipinski definition) is 1. The summed E-state index contributed by atoms with van der Waals surface area (Å²) in [5.41, 5.74) is -0.482. The van der Waals surface area contributed by atoms with Crippen LogP contribution in [-0.4, -0.2) is 28.9 Å². The fraction of sp³-hybridized carbons (Fsp3) is 0.833. The van der Waals surface area contributed by atoms with Crippen LogP contribution in [0.1, 0.15) is 41.0 Å². The SMILES string of the molecule is C[C@@H]1C[C@@H](NC(=O)OC(C)(C)C)[C@@H](C)OC1=S. The molecule has 0 spiro atoms. The van der Waals surface area contributed by atoms with Gasteiger partial charge in [-0.25, -0.2) is 4.79 Å². The maximum absolute atomic E-state index is 11.6. The summed E-state index contributed by atoms with van der Waals surface area (Å²) >= 11 is 5.09. The van der Waals surface area contributed by atoms with E-state index in [4.69, 9.17) is 21.7 Å². The summed E-state index contributed by atoms with van der Waals surface area (Å²) < 4.78 is 10.7. The third-order valence-corrected chi connectivity index (χ3v) is 3.08. The smallest absolute Gasteiger partial charge is 0.408 e. The highest BCUT2D eigenvalue weighted by molar-refractivity contribution is 7.80. The van der Waals surface area contributed by atoms with Crippen molar-refractivity contribution in [2.24, 2.45) is 5.92 Å². The van der Waals surface area contributed by atoms with E-state index in [9.17, 15) is 4.79 Å². The van der Waals surface area contributed by atoms with Crippen molar-refractivity contribution >= 4 is 23.4 Å². The molecule has 0 unspecified atom stereocenters. The summed E-state index contributed by atoms with van der Waals surface area (Å²) in [5, 5.41) is 3.46. The molecule has 17 heavy (non-hydrogen) atoms. The van der Waals surface area contributed by atoms with Gasteiger partial charge < -0.3 is 14.8 Å². The van der Waals surface area contributed by atoms with Gasteiger partial charge in [0.15, 0.2) is 5.05 Å². The number of ether oxygens (including phenoxy) is 2. The van der Waals surface area contributed by atoms with Gasteiger partial charge in [-0.2, -0.15) is 0 Å². The van der Waals surface area contributed by atoms with Gasteiger partial charge in [0.1, 0.15) is 11.7 Å². The Morgan fingerprint density at radius 1 is 1.47 bits per heavy atom. The van der Waals surface area contributed by atoms with Crippen molar-refractivity contribution in [1.29, 1.82) is 0 Å². The summed E-state index contributed by atoms with van der Waals surface area (Å²) in [5.74, 6) is 0.182. The maximum atomic E-state index is 11.6. The van der Waals surface area contributed by atoms with Gasteiger partial charge in [0.25, 0.3) is 0 Å². The van der Waals surface area contributed by atoms with Gasteiger partial charge >= 0.3 is 6.09 Å². The van der Waals surface area contributed by atoms with Crippen molar-refractivity contribution in [3.8, 4) is 0 Å². The first-order chi connectivity index (χ1) is 7.69. The molecule has 1 rings (SSSR count). The Bertz CT molecular complexity index is 311. The van der Waals surface area contributed by atoms with Crippen molar-refractivity contribution in [3.63, 3.8) is 0 Å². The van der Waals surface area contributed by atoms with Crippen molar-refractivity contribution < 1.29 is 14.3 Å². The number of amides is 1. The van der Waals surface area contributed by atoms with E-state index in [1.807, 2.05) is 34.6 Å². The van der Waals surface area contributed by atoms with Crippen LogP contribution in [0.3, 0.4) is 0 Å². The lowest BCUT2D eigenvalue weighted by Gasteiger charge is -2.34. The van der Waals surface area contributed by atoms with E-state index in [-0.39, 0.29) is 18.1 Å². The molecule has 0 radical (unpaired) electrons. The number of hydrogen-bond acceptors (Lipinski definition) is 4. The van der Waals surface area contributed by atoms with Gasteiger partial charge in [-0.1, -0.05) is 6.92 Å². The highest BCUT2D eigenvalue weighted by Crippen LogP contribution is 2.21. The fourth-order valence-corrected chi connectivity index (χ4v) is 1.93. The molecule has 1 fully saturated rings. The number of carbonyl (C=O) groups excluding carboxylic acids is 1. The van der Waals surface area contributed by atoms with Crippen molar-refractivity contribution in [3.05, 3.63) is 0 Å². The van der Waals surface area contributed by atoms with Crippen LogP contribution >= 0.6 is 12.2 Å². The summed E-state index contributed by atoms with van der Waals surface area (Å²) in [4.78, 5) is 11.6. The van der Waals surface area contributed by atoms with Gasteiger partial charge in [-0.15, -0.1) is 0 Å². The van der Waals surface area contributed by atoms with Crippen LogP contribution in [-0.2, 0) is 9.47 Å². The van der Waals surface area contributed by atoms with Crippen LogP contribution in [0.4, 0.5) is 4.79 Å². The van der Waals surface area contributed by atoms with Crippen LogP contribution < -0.4 is 5.32 Å². The van der Waals surface area contributed by atoms with Crippen molar-refractivity contribution in [2.45, 2.75) is 58.8 Å². The van der Waals surface area contributed by atoms with Gasteiger partial charge in [-0.05, 0) is 46.3 Å². The standard InChI is InChI=1S/C12H21NO3S/c1-7-6-9(8(2)15-10(7)17)13-11(14)16-12(3,4)5/h7-9H,6H2,1-5H3,(H,13,14)/t7-,8-,9-/m1/s1. The lowest BCUT2D eigenvalue weighted by Crippen LogP contribution is -2.50. The summed E-state index contributed by atoms with van der Waals surface area (Å²) in [7, 11) is 0. The lowest BCUT2D eigenvalue weighted by molar-refractivity contribution is 0.0398. The molecular formula is C12H21NO3S. The first-order valence-corrected chi connectivity index (χ1v) is 6.30. The van der Waals surface area contributed by atoms with E-state index in [2.05, 4.69) is 5.32 Å². The zero-order chi connectivity index (χ0) is 13.2. The van der Waals surface area contributed by atoms with Crippen LogP contribution in [0.2, 0.25) is 0 Å². The Hall–Kier alpha value is -0.840. The minimum absolute atomic E-state index is 0.0495. The van der Waals surface area contributed by atoms with Crippen LogP contribution in [0.15, 0.2) is 0 Å². The highest BCUT2D eigenvalue weighted by atomic mass is 32.1. The Balaban J connectivity index is 2.51. The molecule has 1 aliphatic rings. The van der Waals surface area contributed by atoms with Crippen LogP contribution in [0.25, 0.3) is 0 Å². The number of rotatable bonds is 1. The molecule has 0 bridgehead atoms. The van der Waals surface area contributed by atoms with E-state index in [0.717, 1.165) is 6.42 Å². The predicted molar refractivity (Wildman–Crippen MR) is 70.1 cm³/mol. The molecule has 1 aliphatic heterocycles. The Kier molecular flexibility index (Phi) is 4.36. The van der Waals surface area contributed by atoms with Gasteiger partial charge in [0, 0.05) is 5.92 Å². The molecule has 0 aromatic carbocycles.